The van der Waals surface area contributed by atoms with Gasteiger partial charge in [0, 0.05) is 13.1 Å². The Morgan fingerprint density at radius 2 is 1.53 bits per heavy atom. The van der Waals surface area contributed by atoms with Crippen LogP contribution in [0.5, 0.6) is 0 Å². The third-order valence-electron chi connectivity index (χ3n) is 5.13. The number of nitrogens with one attached hydrogen (secondary N) is 1. The van der Waals surface area contributed by atoms with Gasteiger partial charge in [-0.1, -0.05) is 12.7 Å². The molecule has 0 aromatic carbocycles. The topological polar surface area (TPSA) is 94.2 Å². The maximum Gasteiger partial charge on any atom is 0.410 e. The van der Waals surface area contributed by atoms with E-state index < -0.39 is 0 Å². The number of rotatable bonds is 6. The van der Waals surface area contributed by atoms with Gasteiger partial charge >= 0.3 is 18.0 Å². The number of hydrogen-bond acceptors (Lipinski definition) is 7. The fourth-order valence-corrected chi connectivity index (χ4v) is 3.51. The van der Waals surface area contributed by atoms with Crippen molar-refractivity contribution in [3.63, 3.8) is 0 Å². The summed E-state index contributed by atoms with van der Waals surface area (Å²) < 4.78 is 15.0. The summed E-state index contributed by atoms with van der Waals surface area (Å²) in [4.78, 5) is 36.2. The average Bonchev–Trinajstić information content (AvgIpc) is 3.16. The van der Waals surface area contributed by atoms with Gasteiger partial charge < -0.3 is 24.4 Å². The molecule has 2 aliphatic heterocycles. The minimum atomic E-state index is -0.334. The van der Waals surface area contributed by atoms with Crippen molar-refractivity contribution in [1.29, 1.82) is 0 Å². The van der Waals surface area contributed by atoms with Crippen LogP contribution in [0.2, 0.25) is 0 Å². The van der Waals surface area contributed by atoms with E-state index in [0.29, 0.717) is 32.7 Å². The Labute approximate surface area is 180 Å². The molecule has 2 unspecified atom stereocenters. The zero-order valence-corrected chi connectivity index (χ0v) is 18.5. The maximum absolute atomic E-state index is 11.7. The molecule has 2 rings (SSSR count). The molecule has 2 aliphatic rings. The Hall–Kier alpha value is -2.09. The molecule has 30 heavy (non-hydrogen) atoms. The van der Waals surface area contributed by atoms with Crippen molar-refractivity contribution in [1.82, 2.24) is 10.2 Å². The summed E-state index contributed by atoms with van der Waals surface area (Å²) in [6.45, 7) is 11.4. The molecular formula is C22H38N2O6. The van der Waals surface area contributed by atoms with Crippen molar-refractivity contribution in [2.24, 2.45) is 11.8 Å². The van der Waals surface area contributed by atoms with Gasteiger partial charge in [-0.05, 0) is 65.5 Å². The number of carbonyl (C=O) groups is 3. The van der Waals surface area contributed by atoms with Gasteiger partial charge in [-0.15, -0.1) is 0 Å². The summed E-state index contributed by atoms with van der Waals surface area (Å²) in [5.74, 6) is -0.123. The maximum atomic E-state index is 11.7. The highest BCUT2D eigenvalue weighted by atomic mass is 16.6. The molecule has 8 heteroatoms. The van der Waals surface area contributed by atoms with Gasteiger partial charge in [-0.3, -0.25) is 9.59 Å². The number of amides is 1. The zero-order chi connectivity index (χ0) is 22.2. The SMILES string of the molecule is C=CCOC(=O)N1CCCC(C(=O)OCC)CC1.CCOC(=O)C1CCCNCC1. The first-order valence-corrected chi connectivity index (χ1v) is 11.1. The van der Waals surface area contributed by atoms with Crippen LogP contribution in [0.4, 0.5) is 4.79 Å². The third-order valence-corrected chi connectivity index (χ3v) is 5.13. The Kier molecular flexibility index (Phi) is 13.6. The highest BCUT2D eigenvalue weighted by Gasteiger charge is 2.26. The molecule has 2 saturated heterocycles. The summed E-state index contributed by atoms with van der Waals surface area (Å²) in [6.07, 6.45) is 6.41. The number of hydrogen-bond donors (Lipinski definition) is 1. The second kappa shape index (κ2) is 15.7. The summed E-state index contributed by atoms with van der Waals surface area (Å²) in [5.41, 5.74) is 0. The third kappa shape index (κ3) is 10.1. The Morgan fingerprint density at radius 3 is 2.17 bits per heavy atom. The molecule has 2 fully saturated rings. The number of esters is 2. The molecule has 0 aromatic rings. The molecule has 1 amide bonds. The number of ether oxygens (including phenoxy) is 3. The van der Waals surface area contributed by atoms with E-state index in [1.54, 1.807) is 11.8 Å². The highest BCUT2D eigenvalue weighted by molar-refractivity contribution is 5.73. The predicted octanol–water partition coefficient (Wildman–Crippen LogP) is 2.91. The van der Waals surface area contributed by atoms with E-state index in [0.717, 1.165) is 45.2 Å². The van der Waals surface area contributed by atoms with Crippen LogP contribution >= 0.6 is 0 Å². The molecule has 0 radical (unpaired) electrons. The van der Waals surface area contributed by atoms with Gasteiger partial charge in [-0.2, -0.15) is 0 Å². The summed E-state index contributed by atoms with van der Waals surface area (Å²) >= 11 is 0. The van der Waals surface area contributed by atoms with Crippen molar-refractivity contribution in [3.05, 3.63) is 12.7 Å². The quantitative estimate of drug-likeness (QED) is 0.396. The first-order chi connectivity index (χ1) is 14.5. The molecule has 1 N–H and O–H groups in total. The van der Waals surface area contributed by atoms with Crippen LogP contribution in [0.1, 0.15) is 52.4 Å². The zero-order valence-electron chi connectivity index (χ0n) is 18.5. The van der Waals surface area contributed by atoms with Crippen LogP contribution < -0.4 is 5.32 Å². The molecule has 0 spiro atoms. The van der Waals surface area contributed by atoms with Gasteiger partial charge in [-0.25, -0.2) is 4.79 Å². The number of nitrogens with zero attached hydrogens (tertiary/aromatic N) is 1. The van der Waals surface area contributed by atoms with Gasteiger partial charge in [0.2, 0.25) is 0 Å². The first-order valence-electron chi connectivity index (χ1n) is 11.1. The van der Waals surface area contributed by atoms with Crippen LogP contribution in [0, 0.1) is 11.8 Å². The standard InChI is InChI=1S/C13H21NO4.C9H17NO2/c1-3-10-18-13(16)14-8-5-6-11(7-9-14)12(15)17-4-2;1-2-12-9(11)8-4-3-6-10-7-5-8/h3,11H,1,4-10H2,2H3;8,10H,2-7H2,1H3. The van der Waals surface area contributed by atoms with Gasteiger partial charge in [0.1, 0.15) is 6.61 Å². The van der Waals surface area contributed by atoms with Crippen molar-refractivity contribution in [2.75, 3.05) is 46.0 Å². The molecule has 0 aromatic heterocycles. The van der Waals surface area contributed by atoms with Gasteiger partial charge in [0.15, 0.2) is 0 Å². The number of carbonyl (C=O) groups excluding carboxylic acids is 3. The van der Waals surface area contributed by atoms with Crippen LogP contribution in [0.15, 0.2) is 12.7 Å². The van der Waals surface area contributed by atoms with Crippen LogP contribution in [0.25, 0.3) is 0 Å². The lowest BCUT2D eigenvalue weighted by Crippen LogP contribution is -2.33. The number of likely N-dealkylation sites (tertiary alicyclic amines) is 1. The molecule has 2 atom stereocenters. The van der Waals surface area contributed by atoms with Crippen LogP contribution in [0.3, 0.4) is 0 Å². The van der Waals surface area contributed by atoms with Crippen molar-refractivity contribution < 1.29 is 28.6 Å². The molecule has 172 valence electrons. The predicted molar refractivity (Wildman–Crippen MR) is 114 cm³/mol. The Morgan fingerprint density at radius 1 is 0.900 bits per heavy atom. The fourth-order valence-electron chi connectivity index (χ4n) is 3.51. The molecule has 0 bridgehead atoms. The van der Waals surface area contributed by atoms with Gasteiger partial charge in [0.05, 0.1) is 25.0 Å². The molecule has 0 aliphatic carbocycles. The van der Waals surface area contributed by atoms with E-state index in [1.165, 1.54) is 6.08 Å². The summed E-state index contributed by atoms with van der Waals surface area (Å²) in [5, 5.41) is 3.27. The minimum absolute atomic E-state index is 0.0128. The normalized spacial score (nSPS) is 21.7. The largest absolute Gasteiger partial charge is 0.466 e. The molecule has 8 nitrogen and oxygen atoms in total. The van der Waals surface area contributed by atoms with E-state index in [-0.39, 0.29) is 36.5 Å². The smallest absolute Gasteiger partial charge is 0.410 e. The Bertz CT molecular complexity index is 532. The van der Waals surface area contributed by atoms with Crippen LogP contribution in [-0.4, -0.2) is 68.9 Å². The first kappa shape index (κ1) is 25.9. The van der Waals surface area contributed by atoms with Gasteiger partial charge in [0.25, 0.3) is 0 Å². The van der Waals surface area contributed by atoms with E-state index in [9.17, 15) is 14.4 Å². The fraction of sp³-hybridized carbons (Fsp3) is 0.773. The lowest BCUT2D eigenvalue weighted by molar-refractivity contribution is -0.149. The summed E-state index contributed by atoms with van der Waals surface area (Å²) in [6, 6.07) is 0. The second-order valence-corrected chi connectivity index (χ2v) is 7.36. The van der Waals surface area contributed by atoms with Crippen molar-refractivity contribution in [3.8, 4) is 0 Å². The molecule has 0 saturated carbocycles. The monoisotopic (exact) mass is 426 g/mol. The lowest BCUT2D eigenvalue weighted by Gasteiger charge is -2.19. The van der Waals surface area contributed by atoms with E-state index in [1.807, 2.05) is 6.92 Å². The van der Waals surface area contributed by atoms with E-state index in [2.05, 4.69) is 11.9 Å². The van der Waals surface area contributed by atoms with Crippen molar-refractivity contribution in [2.45, 2.75) is 52.4 Å². The summed E-state index contributed by atoms with van der Waals surface area (Å²) in [7, 11) is 0. The molecule has 2 heterocycles. The lowest BCUT2D eigenvalue weighted by atomic mass is 10.0. The Balaban J connectivity index is 0.000000325. The van der Waals surface area contributed by atoms with E-state index in [4.69, 9.17) is 14.2 Å². The average molecular weight is 427 g/mol. The minimum Gasteiger partial charge on any atom is -0.466 e. The molecular weight excluding hydrogens is 388 g/mol. The highest BCUT2D eigenvalue weighted by Crippen LogP contribution is 2.19. The van der Waals surface area contributed by atoms with Crippen molar-refractivity contribution >= 4 is 18.0 Å². The van der Waals surface area contributed by atoms with Crippen LogP contribution in [-0.2, 0) is 23.8 Å². The van der Waals surface area contributed by atoms with E-state index >= 15 is 0 Å². The second-order valence-electron chi connectivity index (χ2n) is 7.36.